The van der Waals surface area contributed by atoms with E-state index in [0.29, 0.717) is 16.7 Å². The van der Waals surface area contributed by atoms with Crippen LogP contribution in [0.5, 0.6) is 5.75 Å². The van der Waals surface area contributed by atoms with E-state index in [9.17, 15) is 0 Å². The summed E-state index contributed by atoms with van der Waals surface area (Å²) in [5, 5.41) is 4.69. The van der Waals surface area contributed by atoms with Gasteiger partial charge in [0, 0.05) is 45.4 Å². The zero-order valence-corrected chi connectivity index (χ0v) is 19.9. The van der Waals surface area contributed by atoms with Crippen LogP contribution in [0.4, 0.5) is 0 Å². The molecule has 0 heterocycles. The van der Waals surface area contributed by atoms with Crippen molar-refractivity contribution in [3.8, 4) is 5.75 Å². The van der Waals surface area contributed by atoms with Crippen LogP contribution >= 0.6 is 51.5 Å². The van der Waals surface area contributed by atoms with Crippen molar-refractivity contribution >= 4 is 51.5 Å². The molecular formula is C21H27BrCl3NO2. The van der Waals surface area contributed by atoms with Crippen LogP contribution in [-0.4, -0.2) is 19.8 Å². The van der Waals surface area contributed by atoms with Crippen molar-refractivity contribution in [1.29, 1.82) is 0 Å². The van der Waals surface area contributed by atoms with Gasteiger partial charge in [0.25, 0.3) is 0 Å². The van der Waals surface area contributed by atoms with E-state index in [4.69, 9.17) is 32.7 Å². The molecule has 0 fully saturated rings. The van der Waals surface area contributed by atoms with E-state index < -0.39 is 0 Å². The molecular weight excluding hydrogens is 484 g/mol. The zero-order chi connectivity index (χ0) is 19.5. The molecule has 0 aliphatic rings. The summed E-state index contributed by atoms with van der Waals surface area (Å²) in [6.45, 7) is 5.86. The molecule has 0 amide bonds. The van der Waals surface area contributed by atoms with Crippen molar-refractivity contribution in [3.05, 3.63) is 62.0 Å². The largest absolute Gasteiger partial charge is 0.489 e. The zero-order valence-electron chi connectivity index (χ0n) is 16.0. The molecule has 2 rings (SSSR count). The van der Waals surface area contributed by atoms with Crippen LogP contribution in [-0.2, 0) is 17.9 Å². The Labute approximate surface area is 192 Å². The highest BCUT2D eigenvalue weighted by Gasteiger charge is 2.07. The summed E-state index contributed by atoms with van der Waals surface area (Å²) < 4.78 is 12.6. The van der Waals surface area contributed by atoms with E-state index in [1.54, 1.807) is 6.07 Å². The second-order valence-corrected chi connectivity index (χ2v) is 8.03. The summed E-state index contributed by atoms with van der Waals surface area (Å²) in [6, 6.07) is 11.5. The van der Waals surface area contributed by atoms with Gasteiger partial charge in [0.15, 0.2) is 0 Å². The van der Waals surface area contributed by atoms with Gasteiger partial charge in [0.1, 0.15) is 12.4 Å². The molecule has 0 saturated heterocycles. The smallest absolute Gasteiger partial charge is 0.124 e. The maximum absolute atomic E-state index is 6.23. The summed E-state index contributed by atoms with van der Waals surface area (Å²) >= 11 is 15.7. The predicted octanol–water partition coefficient (Wildman–Crippen LogP) is 7.05. The molecule has 2 aromatic rings. The van der Waals surface area contributed by atoms with Gasteiger partial charge in [-0.1, -0.05) is 58.5 Å². The van der Waals surface area contributed by atoms with Gasteiger partial charge in [-0.25, -0.2) is 0 Å². The fourth-order valence-electron chi connectivity index (χ4n) is 2.49. The van der Waals surface area contributed by atoms with E-state index in [-0.39, 0.29) is 12.4 Å². The highest BCUT2D eigenvalue weighted by atomic mass is 79.9. The third-order valence-corrected chi connectivity index (χ3v) is 5.10. The normalized spacial score (nSPS) is 10.6. The van der Waals surface area contributed by atoms with Crippen molar-refractivity contribution in [1.82, 2.24) is 5.32 Å². The Morgan fingerprint density at radius 1 is 1.00 bits per heavy atom. The fraction of sp³-hybridized carbons (Fsp3) is 0.429. The Balaban J connectivity index is 0.00000392. The molecule has 3 nitrogen and oxygen atoms in total. The lowest BCUT2D eigenvalue weighted by atomic mass is 10.2. The third-order valence-electron chi connectivity index (χ3n) is 4.02. The molecule has 0 saturated carbocycles. The average Bonchev–Trinajstić information content (AvgIpc) is 2.64. The lowest BCUT2D eigenvalue weighted by molar-refractivity contribution is 0.128. The van der Waals surface area contributed by atoms with Crippen molar-refractivity contribution in [2.75, 3.05) is 19.8 Å². The molecule has 0 aliphatic carbocycles. The van der Waals surface area contributed by atoms with Gasteiger partial charge < -0.3 is 14.8 Å². The van der Waals surface area contributed by atoms with Gasteiger partial charge in [0.2, 0.25) is 0 Å². The Morgan fingerprint density at radius 3 is 2.54 bits per heavy atom. The number of nitrogens with one attached hydrogen (secondary N) is 1. The predicted molar refractivity (Wildman–Crippen MR) is 124 cm³/mol. The van der Waals surface area contributed by atoms with E-state index in [2.05, 4.69) is 34.2 Å². The first-order chi connectivity index (χ1) is 13.1. The maximum Gasteiger partial charge on any atom is 0.124 e. The van der Waals surface area contributed by atoms with Crippen LogP contribution in [0.15, 0.2) is 40.9 Å². The van der Waals surface area contributed by atoms with Gasteiger partial charge in [-0.2, -0.15) is 0 Å². The highest BCUT2D eigenvalue weighted by molar-refractivity contribution is 9.10. The minimum absolute atomic E-state index is 0. The first kappa shape index (κ1) is 25.5. The monoisotopic (exact) mass is 509 g/mol. The molecule has 7 heteroatoms. The van der Waals surface area contributed by atoms with Crippen molar-refractivity contribution in [2.24, 2.45) is 0 Å². The molecule has 1 N–H and O–H groups in total. The molecule has 0 atom stereocenters. The van der Waals surface area contributed by atoms with Gasteiger partial charge in [0.05, 0.1) is 0 Å². The molecule has 2 aromatic carbocycles. The van der Waals surface area contributed by atoms with E-state index in [1.807, 2.05) is 24.3 Å². The topological polar surface area (TPSA) is 30.5 Å². The van der Waals surface area contributed by atoms with E-state index in [1.165, 1.54) is 6.42 Å². The fourth-order valence-corrected chi connectivity index (χ4v) is 3.36. The first-order valence-electron chi connectivity index (χ1n) is 9.23. The number of unbranched alkanes of at least 4 members (excludes halogenated alkanes) is 1. The number of rotatable bonds is 12. The van der Waals surface area contributed by atoms with Crippen molar-refractivity contribution < 1.29 is 9.47 Å². The average molecular weight is 512 g/mol. The number of hydrogen-bond donors (Lipinski definition) is 1. The van der Waals surface area contributed by atoms with Crippen LogP contribution in [0.25, 0.3) is 0 Å². The molecule has 0 bridgehead atoms. The SMILES string of the molecule is CCCCOCCCNCc1cc(Br)ccc1OCc1ccc(Cl)cc1Cl.Cl. The first-order valence-corrected chi connectivity index (χ1v) is 10.8. The third kappa shape index (κ3) is 9.34. The summed E-state index contributed by atoms with van der Waals surface area (Å²) in [5.74, 6) is 0.843. The van der Waals surface area contributed by atoms with Gasteiger partial charge in [-0.3, -0.25) is 0 Å². The second kappa shape index (κ2) is 14.5. The molecule has 156 valence electrons. The van der Waals surface area contributed by atoms with Crippen LogP contribution in [0.2, 0.25) is 10.0 Å². The van der Waals surface area contributed by atoms with Crippen LogP contribution in [0, 0.1) is 0 Å². The quantitative estimate of drug-likeness (QED) is 0.310. The molecule has 0 aliphatic heterocycles. The van der Waals surface area contributed by atoms with Crippen LogP contribution in [0.1, 0.15) is 37.3 Å². The van der Waals surface area contributed by atoms with Crippen LogP contribution < -0.4 is 10.1 Å². The number of halogens is 4. The minimum atomic E-state index is 0. The van der Waals surface area contributed by atoms with E-state index >= 15 is 0 Å². The Morgan fingerprint density at radius 2 is 1.79 bits per heavy atom. The van der Waals surface area contributed by atoms with E-state index in [0.717, 1.165) is 60.5 Å². The summed E-state index contributed by atoms with van der Waals surface area (Å²) in [7, 11) is 0. The number of hydrogen-bond acceptors (Lipinski definition) is 3. The van der Waals surface area contributed by atoms with Crippen molar-refractivity contribution in [2.45, 2.75) is 39.3 Å². The lowest BCUT2D eigenvalue weighted by Crippen LogP contribution is -2.17. The number of benzene rings is 2. The Hall–Kier alpha value is -0.490. The highest BCUT2D eigenvalue weighted by Crippen LogP contribution is 2.26. The molecule has 0 radical (unpaired) electrons. The van der Waals surface area contributed by atoms with Gasteiger partial charge >= 0.3 is 0 Å². The molecule has 0 spiro atoms. The van der Waals surface area contributed by atoms with Crippen LogP contribution in [0.3, 0.4) is 0 Å². The second-order valence-electron chi connectivity index (χ2n) is 6.27. The van der Waals surface area contributed by atoms with Gasteiger partial charge in [-0.15, -0.1) is 12.4 Å². The molecule has 28 heavy (non-hydrogen) atoms. The van der Waals surface area contributed by atoms with Crippen molar-refractivity contribution in [3.63, 3.8) is 0 Å². The summed E-state index contributed by atoms with van der Waals surface area (Å²) in [4.78, 5) is 0. The summed E-state index contributed by atoms with van der Waals surface area (Å²) in [6.07, 6.45) is 3.29. The minimum Gasteiger partial charge on any atom is -0.489 e. The summed E-state index contributed by atoms with van der Waals surface area (Å²) in [5.41, 5.74) is 2.01. The maximum atomic E-state index is 6.23. The number of ether oxygens (including phenoxy) is 2. The Bertz CT molecular complexity index is 716. The Kier molecular flexibility index (Phi) is 13.2. The standard InChI is InChI=1S/C21H26BrCl2NO2.ClH/c1-2-3-10-26-11-4-9-25-14-17-12-18(22)6-8-21(17)27-15-16-5-7-19(23)13-20(16)24;/h5-8,12-13,25H,2-4,9-11,14-15H2,1H3;1H. The van der Waals surface area contributed by atoms with Gasteiger partial charge in [-0.05, 0) is 49.7 Å². The molecule has 0 aromatic heterocycles. The lowest BCUT2D eigenvalue weighted by Gasteiger charge is -2.14. The molecule has 0 unspecified atom stereocenters.